The topological polar surface area (TPSA) is 106 Å². The molecule has 0 saturated carbocycles. The fraction of sp³-hybridized carbons (Fsp3) is 0.0833. The highest BCUT2D eigenvalue weighted by Gasteiger charge is 2.29. The molecule has 4 rings (SSSR count). The first-order chi connectivity index (χ1) is 16.3. The summed E-state index contributed by atoms with van der Waals surface area (Å²) in [4.78, 5) is 41.6. The first-order valence-electron chi connectivity index (χ1n) is 9.98. The maximum absolute atomic E-state index is 13.9. The molecule has 0 aliphatic rings. The molecule has 0 atom stereocenters. The van der Waals surface area contributed by atoms with Gasteiger partial charge in [0.05, 0.1) is 40.2 Å². The number of nitrogens with one attached hydrogen (secondary N) is 1. The number of hydrogen-bond acceptors (Lipinski definition) is 5. The molecule has 34 heavy (non-hydrogen) atoms. The first kappa shape index (κ1) is 22.9. The summed E-state index contributed by atoms with van der Waals surface area (Å²) in [5, 5.41) is 11.8. The number of benzene rings is 3. The van der Waals surface area contributed by atoms with E-state index in [1.165, 1.54) is 25.4 Å². The van der Waals surface area contributed by atoms with Gasteiger partial charge >= 0.3 is 0 Å². The van der Waals surface area contributed by atoms with E-state index >= 15 is 0 Å². The lowest BCUT2D eigenvalue weighted by molar-refractivity contribution is -0.384. The van der Waals surface area contributed by atoms with Crippen molar-refractivity contribution in [3.63, 3.8) is 0 Å². The summed E-state index contributed by atoms with van der Waals surface area (Å²) < 4.78 is 19.0. The average molecular weight is 482 g/mol. The van der Waals surface area contributed by atoms with Crippen molar-refractivity contribution in [3.8, 4) is 5.75 Å². The van der Waals surface area contributed by atoms with E-state index in [0.717, 1.165) is 23.1 Å². The van der Waals surface area contributed by atoms with E-state index in [4.69, 9.17) is 16.3 Å². The SMILES string of the molecule is COc1ccc(CN(C(=O)c2cc(F)ccc2Cl)C(=O)c2cc([N+](=O)[O-])cc3[nH]ccc23)cc1. The molecule has 1 aromatic heterocycles. The summed E-state index contributed by atoms with van der Waals surface area (Å²) in [6.45, 7) is -0.191. The largest absolute Gasteiger partial charge is 0.497 e. The number of nitro benzene ring substituents is 1. The molecule has 0 fully saturated rings. The molecule has 1 heterocycles. The summed E-state index contributed by atoms with van der Waals surface area (Å²) in [6, 6.07) is 13.9. The van der Waals surface area contributed by atoms with Gasteiger partial charge in [0.1, 0.15) is 11.6 Å². The number of amides is 2. The van der Waals surface area contributed by atoms with Crippen LogP contribution < -0.4 is 4.74 Å². The smallest absolute Gasteiger partial charge is 0.272 e. The molecule has 0 bridgehead atoms. The van der Waals surface area contributed by atoms with Gasteiger partial charge in [-0.1, -0.05) is 23.7 Å². The molecule has 2 amide bonds. The number of H-pyrrole nitrogens is 1. The normalized spacial score (nSPS) is 10.8. The average Bonchev–Trinajstić information content (AvgIpc) is 3.32. The van der Waals surface area contributed by atoms with Gasteiger partial charge in [-0.2, -0.15) is 0 Å². The van der Waals surface area contributed by atoms with Gasteiger partial charge in [0.2, 0.25) is 0 Å². The standard InChI is InChI=1S/C24H17ClFN3O5/c1-34-17-5-2-14(3-6-17)13-28(24(31)20-10-15(26)4-7-21(20)25)23(30)19-11-16(29(32)33)12-22-18(19)8-9-27-22/h2-12,27H,13H2,1H3. The molecule has 1 N–H and O–H groups in total. The van der Waals surface area contributed by atoms with Crippen molar-refractivity contribution < 1.29 is 23.6 Å². The third-order valence-corrected chi connectivity index (χ3v) is 5.57. The second-order valence-electron chi connectivity index (χ2n) is 7.36. The summed E-state index contributed by atoms with van der Waals surface area (Å²) in [5.41, 5.74) is 0.349. The number of nitro groups is 1. The number of fused-ring (bicyclic) bond motifs is 1. The number of rotatable bonds is 6. The van der Waals surface area contributed by atoms with E-state index in [9.17, 15) is 24.1 Å². The molecular formula is C24H17ClFN3O5. The van der Waals surface area contributed by atoms with Crippen LogP contribution in [0.3, 0.4) is 0 Å². The number of methoxy groups -OCH3 is 1. The minimum Gasteiger partial charge on any atom is -0.497 e. The van der Waals surface area contributed by atoms with Crippen LogP contribution in [0.15, 0.2) is 66.9 Å². The second kappa shape index (κ2) is 9.32. The highest BCUT2D eigenvalue weighted by Crippen LogP contribution is 2.28. The van der Waals surface area contributed by atoms with E-state index in [1.807, 2.05) is 0 Å². The Hall–Kier alpha value is -4.24. The molecule has 4 aromatic rings. The van der Waals surface area contributed by atoms with E-state index in [0.29, 0.717) is 22.2 Å². The molecule has 0 spiro atoms. The Morgan fingerprint density at radius 1 is 1.06 bits per heavy atom. The predicted octanol–water partition coefficient (Wildman–Crippen LogP) is 5.36. The third kappa shape index (κ3) is 4.46. The van der Waals surface area contributed by atoms with Crippen LogP contribution in [-0.4, -0.2) is 33.7 Å². The molecule has 0 saturated heterocycles. The number of aromatic amines is 1. The lowest BCUT2D eigenvalue weighted by atomic mass is 10.1. The highest BCUT2D eigenvalue weighted by atomic mass is 35.5. The number of carbonyl (C=O) groups is 2. The molecular weight excluding hydrogens is 465 g/mol. The molecule has 0 radical (unpaired) electrons. The number of nitrogens with zero attached hydrogens (tertiary/aromatic N) is 2. The lowest BCUT2D eigenvalue weighted by Crippen LogP contribution is -2.36. The van der Waals surface area contributed by atoms with Crippen LogP contribution in [0.5, 0.6) is 5.75 Å². The van der Waals surface area contributed by atoms with E-state index in [1.54, 1.807) is 30.3 Å². The molecule has 0 aliphatic heterocycles. The van der Waals surface area contributed by atoms with Crippen LogP contribution in [0.1, 0.15) is 26.3 Å². The minimum atomic E-state index is -0.847. The Bertz CT molecular complexity index is 1420. The maximum Gasteiger partial charge on any atom is 0.272 e. The van der Waals surface area contributed by atoms with Crippen molar-refractivity contribution in [1.82, 2.24) is 9.88 Å². The number of imide groups is 1. The fourth-order valence-corrected chi connectivity index (χ4v) is 3.73. The van der Waals surface area contributed by atoms with Crippen LogP contribution in [0, 0.1) is 15.9 Å². The summed E-state index contributed by atoms with van der Waals surface area (Å²) in [7, 11) is 1.50. The van der Waals surface area contributed by atoms with Gasteiger partial charge in [0.25, 0.3) is 17.5 Å². The van der Waals surface area contributed by atoms with Crippen molar-refractivity contribution in [3.05, 3.63) is 105 Å². The van der Waals surface area contributed by atoms with E-state index in [2.05, 4.69) is 4.98 Å². The third-order valence-electron chi connectivity index (χ3n) is 5.24. The Balaban J connectivity index is 1.83. The van der Waals surface area contributed by atoms with Gasteiger partial charge in [-0.3, -0.25) is 24.6 Å². The molecule has 0 aliphatic carbocycles. The van der Waals surface area contributed by atoms with Crippen molar-refractivity contribution >= 4 is 40.0 Å². The van der Waals surface area contributed by atoms with Gasteiger partial charge in [-0.15, -0.1) is 0 Å². The maximum atomic E-state index is 13.9. The van der Waals surface area contributed by atoms with Crippen molar-refractivity contribution in [2.24, 2.45) is 0 Å². The molecule has 8 nitrogen and oxygen atoms in total. The van der Waals surface area contributed by atoms with Crippen LogP contribution in [0.4, 0.5) is 10.1 Å². The number of halogens is 2. The van der Waals surface area contributed by atoms with Gasteiger partial charge in [-0.25, -0.2) is 4.39 Å². The van der Waals surface area contributed by atoms with Crippen LogP contribution >= 0.6 is 11.6 Å². The zero-order valence-corrected chi connectivity index (χ0v) is 18.5. The minimum absolute atomic E-state index is 0.0373. The predicted molar refractivity (Wildman–Crippen MR) is 124 cm³/mol. The van der Waals surface area contributed by atoms with Crippen LogP contribution in [-0.2, 0) is 6.54 Å². The Morgan fingerprint density at radius 2 is 1.76 bits per heavy atom. The number of ether oxygens (including phenoxy) is 1. The zero-order chi connectivity index (χ0) is 24.4. The van der Waals surface area contributed by atoms with E-state index < -0.39 is 22.6 Å². The lowest BCUT2D eigenvalue weighted by Gasteiger charge is -2.22. The number of non-ortho nitro benzene ring substituents is 1. The summed E-state index contributed by atoms with van der Waals surface area (Å²) in [5.74, 6) is -1.77. The number of aromatic nitrogens is 1. The van der Waals surface area contributed by atoms with Crippen molar-refractivity contribution in [2.75, 3.05) is 7.11 Å². The van der Waals surface area contributed by atoms with Crippen molar-refractivity contribution in [1.29, 1.82) is 0 Å². The number of hydrogen-bond donors (Lipinski definition) is 1. The summed E-state index contributed by atoms with van der Waals surface area (Å²) in [6.07, 6.45) is 1.53. The summed E-state index contributed by atoms with van der Waals surface area (Å²) >= 11 is 6.14. The molecule has 0 unspecified atom stereocenters. The quantitative estimate of drug-likeness (QED) is 0.227. The Kier molecular flexibility index (Phi) is 6.29. The Labute approximate surface area is 197 Å². The highest BCUT2D eigenvalue weighted by molar-refractivity contribution is 6.34. The van der Waals surface area contributed by atoms with E-state index in [-0.39, 0.29) is 28.4 Å². The molecule has 3 aromatic carbocycles. The van der Waals surface area contributed by atoms with Gasteiger partial charge in [0, 0.05) is 23.7 Å². The van der Waals surface area contributed by atoms with Gasteiger partial charge in [0.15, 0.2) is 0 Å². The van der Waals surface area contributed by atoms with Gasteiger partial charge < -0.3 is 9.72 Å². The van der Waals surface area contributed by atoms with Gasteiger partial charge in [-0.05, 0) is 42.0 Å². The van der Waals surface area contributed by atoms with Crippen molar-refractivity contribution in [2.45, 2.75) is 6.54 Å². The van der Waals surface area contributed by atoms with Crippen LogP contribution in [0.2, 0.25) is 5.02 Å². The Morgan fingerprint density at radius 3 is 2.44 bits per heavy atom. The number of carbonyl (C=O) groups excluding carboxylic acids is 2. The molecule has 10 heteroatoms. The van der Waals surface area contributed by atoms with Crippen LogP contribution in [0.25, 0.3) is 10.9 Å². The fourth-order valence-electron chi connectivity index (χ4n) is 3.54. The first-order valence-corrected chi connectivity index (χ1v) is 10.4. The zero-order valence-electron chi connectivity index (χ0n) is 17.7. The second-order valence-corrected chi connectivity index (χ2v) is 7.77. The monoisotopic (exact) mass is 481 g/mol. The molecule has 172 valence electrons.